The molecule has 0 spiro atoms. The first kappa shape index (κ1) is 15.1. The maximum atomic E-state index is 12.2. The van der Waals surface area contributed by atoms with E-state index < -0.39 is 0 Å². The van der Waals surface area contributed by atoms with Crippen LogP contribution in [0, 0.1) is 27.7 Å². The van der Waals surface area contributed by atoms with Crippen LogP contribution in [0.25, 0.3) is 0 Å². The highest BCUT2D eigenvalue weighted by molar-refractivity contribution is 5.93. The van der Waals surface area contributed by atoms with Gasteiger partial charge in [-0.15, -0.1) is 0 Å². The Bertz CT molecular complexity index is 690. The van der Waals surface area contributed by atoms with Gasteiger partial charge in [-0.2, -0.15) is 0 Å². The molecular weight excluding hydrogens is 260 g/mol. The fourth-order valence-corrected chi connectivity index (χ4v) is 2.27. The van der Waals surface area contributed by atoms with Gasteiger partial charge in [0.15, 0.2) is 0 Å². The smallest absolute Gasteiger partial charge is 0.228 e. The van der Waals surface area contributed by atoms with Crippen molar-refractivity contribution in [3.8, 4) is 0 Å². The van der Waals surface area contributed by atoms with Crippen LogP contribution in [-0.4, -0.2) is 5.91 Å². The van der Waals surface area contributed by atoms with Crippen LogP contribution >= 0.6 is 0 Å². The minimum Gasteiger partial charge on any atom is -0.399 e. The third-order valence-corrected chi connectivity index (χ3v) is 3.82. The Morgan fingerprint density at radius 1 is 0.952 bits per heavy atom. The SMILES string of the molecule is Cc1ccc(CC(=O)Nc2cc(C)c(N)cc2C)cc1C. The Balaban J connectivity index is 2.11. The lowest BCUT2D eigenvalue weighted by Crippen LogP contribution is -2.15. The maximum Gasteiger partial charge on any atom is 0.228 e. The van der Waals surface area contributed by atoms with E-state index in [4.69, 9.17) is 5.73 Å². The fraction of sp³-hybridized carbons (Fsp3) is 0.278. The number of benzene rings is 2. The monoisotopic (exact) mass is 282 g/mol. The van der Waals surface area contributed by atoms with Gasteiger partial charge in [0.05, 0.1) is 6.42 Å². The highest BCUT2D eigenvalue weighted by Crippen LogP contribution is 2.22. The van der Waals surface area contributed by atoms with Crippen LogP contribution in [0.4, 0.5) is 11.4 Å². The highest BCUT2D eigenvalue weighted by atomic mass is 16.1. The van der Waals surface area contributed by atoms with E-state index in [1.807, 2.05) is 32.0 Å². The van der Waals surface area contributed by atoms with Gasteiger partial charge in [0.25, 0.3) is 0 Å². The van der Waals surface area contributed by atoms with Gasteiger partial charge in [-0.25, -0.2) is 0 Å². The van der Waals surface area contributed by atoms with E-state index in [2.05, 4.69) is 31.3 Å². The van der Waals surface area contributed by atoms with Crippen molar-refractivity contribution >= 4 is 17.3 Å². The lowest BCUT2D eigenvalue weighted by Gasteiger charge is -2.12. The molecule has 0 aliphatic heterocycles. The summed E-state index contributed by atoms with van der Waals surface area (Å²) >= 11 is 0. The number of aryl methyl sites for hydroxylation is 4. The minimum absolute atomic E-state index is 0.00877. The van der Waals surface area contributed by atoms with Gasteiger partial charge < -0.3 is 11.1 Å². The van der Waals surface area contributed by atoms with Crippen molar-refractivity contribution in [1.29, 1.82) is 0 Å². The van der Waals surface area contributed by atoms with Gasteiger partial charge in [0.1, 0.15) is 0 Å². The molecule has 0 radical (unpaired) electrons. The van der Waals surface area contributed by atoms with Crippen molar-refractivity contribution in [1.82, 2.24) is 0 Å². The standard InChI is InChI=1S/C18H22N2O/c1-11-5-6-15(7-12(11)2)10-18(21)20-17-9-13(3)16(19)8-14(17)4/h5-9H,10,19H2,1-4H3,(H,20,21). The predicted molar refractivity (Wildman–Crippen MR) is 88.6 cm³/mol. The van der Waals surface area contributed by atoms with Gasteiger partial charge in [-0.1, -0.05) is 18.2 Å². The zero-order valence-corrected chi connectivity index (χ0v) is 13.1. The number of nitrogens with two attached hydrogens (primary N) is 1. The van der Waals surface area contributed by atoms with Crippen molar-refractivity contribution < 1.29 is 4.79 Å². The van der Waals surface area contributed by atoms with Crippen LogP contribution in [0.2, 0.25) is 0 Å². The van der Waals surface area contributed by atoms with Gasteiger partial charge >= 0.3 is 0 Å². The molecule has 21 heavy (non-hydrogen) atoms. The van der Waals surface area contributed by atoms with E-state index in [0.29, 0.717) is 6.42 Å². The molecule has 3 nitrogen and oxygen atoms in total. The van der Waals surface area contributed by atoms with Crippen molar-refractivity contribution in [2.75, 3.05) is 11.1 Å². The number of carbonyl (C=O) groups is 1. The first-order valence-electron chi connectivity index (χ1n) is 7.09. The van der Waals surface area contributed by atoms with E-state index in [9.17, 15) is 4.79 Å². The van der Waals surface area contributed by atoms with Gasteiger partial charge in [0, 0.05) is 11.4 Å². The van der Waals surface area contributed by atoms with Crippen molar-refractivity contribution in [2.24, 2.45) is 0 Å². The first-order chi connectivity index (χ1) is 9.86. The second-order valence-corrected chi connectivity index (χ2v) is 5.67. The van der Waals surface area contributed by atoms with E-state index in [-0.39, 0.29) is 5.91 Å². The number of anilines is 2. The zero-order valence-electron chi connectivity index (χ0n) is 13.1. The third-order valence-electron chi connectivity index (χ3n) is 3.82. The van der Waals surface area contributed by atoms with E-state index in [0.717, 1.165) is 28.1 Å². The average molecular weight is 282 g/mol. The van der Waals surface area contributed by atoms with Crippen LogP contribution in [0.5, 0.6) is 0 Å². The van der Waals surface area contributed by atoms with Crippen molar-refractivity contribution in [3.05, 3.63) is 58.1 Å². The summed E-state index contributed by atoms with van der Waals surface area (Å²) in [6.45, 7) is 8.01. The number of nitrogen functional groups attached to an aromatic ring is 1. The minimum atomic E-state index is -0.00877. The molecule has 0 atom stereocenters. The molecule has 0 aromatic heterocycles. The summed E-state index contributed by atoms with van der Waals surface area (Å²) in [5.41, 5.74) is 12.9. The number of rotatable bonds is 3. The molecule has 2 aromatic rings. The quantitative estimate of drug-likeness (QED) is 0.844. The second kappa shape index (κ2) is 6.00. The molecule has 0 fully saturated rings. The summed E-state index contributed by atoms with van der Waals surface area (Å²) < 4.78 is 0. The molecule has 0 bridgehead atoms. The largest absolute Gasteiger partial charge is 0.399 e. The van der Waals surface area contributed by atoms with Crippen molar-refractivity contribution in [3.63, 3.8) is 0 Å². The molecule has 0 aliphatic rings. The van der Waals surface area contributed by atoms with E-state index >= 15 is 0 Å². The van der Waals surface area contributed by atoms with Crippen LogP contribution in [-0.2, 0) is 11.2 Å². The fourth-order valence-electron chi connectivity index (χ4n) is 2.27. The molecule has 2 rings (SSSR count). The Hall–Kier alpha value is -2.29. The molecule has 0 aliphatic carbocycles. The summed E-state index contributed by atoms with van der Waals surface area (Å²) in [5.74, 6) is -0.00877. The molecule has 0 heterocycles. The van der Waals surface area contributed by atoms with E-state index in [1.165, 1.54) is 11.1 Å². The maximum absolute atomic E-state index is 12.2. The molecule has 3 heteroatoms. The average Bonchev–Trinajstić information content (AvgIpc) is 2.40. The van der Waals surface area contributed by atoms with Gasteiger partial charge in [0.2, 0.25) is 5.91 Å². The third kappa shape index (κ3) is 3.63. The lowest BCUT2D eigenvalue weighted by atomic mass is 10.0. The Kier molecular flexibility index (Phi) is 4.32. The molecule has 2 aromatic carbocycles. The summed E-state index contributed by atoms with van der Waals surface area (Å²) in [7, 11) is 0. The van der Waals surface area contributed by atoms with Crippen LogP contribution < -0.4 is 11.1 Å². The van der Waals surface area contributed by atoms with E-state index in [1.54, 1.807) is 0 Å². The summed E-state index contributed by atoms with van der Waals surface area (Å²) in [5, 5.41) is 2.97. The summed E-state index contributed by atoms with van der Waals surface area (Å²) in [6, 6.07) is 9.93. The first-order valence-corrected chi connectivity index (χ1v) is 7.09. The molecule has 1 amide bonds. The number of nitrogens with one attached hydrogen (secondary N) is 1. The van der Waals surface area contributed by atoms with Crippen LogP contribution in [0.3, 0.4) is 0 Å². The predicted octanol–water partition coefficient (Wildman–Crippen LogP) is 3.68. The Morgan fingerprint density at radius 2 is 1.67 bits per heavy atom. The topological polar surface area (TPSA) is 55.1 Å². The molecule has 110 valence electrons. The summed E-state index contributed by atoms with van der Waals surface area (Å²) in [6.07, 6.45) is 0.379. The Labute approximate surface area is 126 Å². The number of amides is 1. The van der Waals surface area contributed by atoms with Gasteiger partial charge in [-0.3, -0.25) is 4.79 Å². The summed E-state index contributed by atoms with van der Waals surface area (Å²) in [4.78, 5) is 12.2. The molecular formula is C18H22N2O. The lowest BCUT2D eigenvalue weighted by molar-refractivity contribution is -0.115. The van der Waals surface area contributed by atoms with Crippen molar-refractivity contribution in [2.45, 2.75) is 34.1 Å². The second-order valence-electron chi connectivity index (χ2n) is 5.67. The number of carbonyl (C=O) groups excluding carboxylic acids is 1. The zero-order chi connectivity index (χ0) is 15.6. The van der Waals surface area contributed by atoms with Crippen LogP contribution in [0.15, 0.2) is 30.3 Å². The normalized spacial score (nSPS) is 10.5. The number of hydrogen-bond acceptors (Lipinski definition) is 2. The van der Waals surface area contributed by atoms with Gasteiger partial charge in [-0.05, 0) is 67.6 Å². The number of hydrogen-bond donors (Lipinski definition) is 2. The van der Waals surface area contributed by atoms with Crippen LogP contribution in [0.1, 0.15) is 27.8 Å². The molecule has 0 saturated carbocycles. The highest BCUT2D eigenvalue weighted by Gasteiger charge is 2.08. The molecule has 3 N–H and O–H groups in total. The molecule has 0 unspecified atom stereocenters. The molecule has 0 saturated heterocycles. The Morgan fingerprint density at radius 3 is 2.33 bits per heavy atom.